The first kappa shape index (κ1) is 70.0. The molecule has 0 aromatic carbocycles. The van der Waals surface area contributed by atoms with Crippen LogP contribution in [0.15, 0.2) is 48.6 Å². The minimum atomic E-state index is -4.62. The molecule has 0 radical (unpaired) electrons. The highest BCUT2D eigenvalue weighted by Crippen LogP contribution is 2.38. The number of hydrogen-bond acceptors (Lipinski definition) is 8. The number of phosphoric ester groups is 1. The molecule has 9 nitrogen and oxygen atoms in total. The quantitative estimate of drug-likeness (QED) is 0.0195. The number of hydrogen-bond donors (Lipinski definition) is 0. The molecule has 0 spiro atoms. The van der Waals surface area contributed by atoms with E-state index < -0.39 is 26.5 Å². The van der Waals surface area contributed by atoms with E-state index >= 15 is 0 Å². The molecule has 0 amide bonds. The Morgan fingerprint density at radius 1 is 0.444 bits per heavy atom. The van der Waals surface area contributed by atoms with Gasteiger partial charge in [0.2, 0.25) is 0 Å². The highest BCUT2D eigenvalue weighted by Gasteiger charge is 2.22. The molecule has 2 unspecified atom stereocenters. The molecule has 0 aliphatic heterocycles. The summed E-state index contributed by atoms with van der Waals surface area (Å²) in [5.74, 6) is -0.823. The van der Waals surface area contributed by atoms with Crippen molar-refractivity contribution in [3.05, 3.63) is 48.6 Å². The molecule has 0 rings (SSSR count). The Kier molecular flexibility index (Phi) is 52.3. The standard InChI is InChI=1S/C62H116NO8P/c1-6-8-10-12-14-16-17-18-19-20-21-22-23-24-25-26-27-28-29-30-31-32-33-34-35-36-37-38-39-40-41-42-43-44-45-47-49-51-53-55-62(65)71-60(59-70-72(66,67)69-57-56-63(3,4)5)58-68-61(64)54-52-50-48-46-15-13-11-9-7-2/h8,10,14,16,18-19,21-22,60H,6-7,9,11-13,15,17,20,23-59H2,1-5H3/b10-8-,16-14-,19-18-,22-21-. The van der Waals surface area contributed by atoms with Crippen molar-refractivity contribution < 1.29 is 42.1 Å². The van der Waals surface area contributed by atoms with E-state index in [1.807, 2.05) is 21.1 Å². The van der Waals surface area contributed by atoms with Crippen molar-refractivity contribution in [1.82, 2.24) is 0 Å². The van der Waals surface area contributed by atoms with E-state index in [2.05, 4.69) is 62.5 Å². The van der Waals surface area contributed by atoms with E-state index in [0.29, 0.717) is 17.4 Å². The number of carbonyl (C=O) groups excluding carboxylic acids is 2. The van der Waals surface area contributed by atoms with E-state index in [9.17, 15) is 19.0 Å². The lowest BCUT2D eigenvalue weighted by Crippen LogP contribution is -2.37. The summed E-state index contributed by atoms with van der Waals surface area (Å²) in [4.78, 5) is 37.6. The van der Waals surface area contributed by atoms with Crippen LogP contribution in [0.2, 0.25) is 0 Å². The molecule has 0 aliphatic rings. The van der Waals surface area contributed by atoms with Crippen molar-refractivity contribution in [2.24, 2.45) is 0 Å². The third kappa shape index (κ3) is 57.3. The zero-order valence-electron chi connectivity index (χ0n) is 47.9. The predicted octanol–water partition coefficient (Wildman–Crippen LogP) is 18.3. The van der Waals surface area contributed by atoms with Crippen LogP contribution in [0.1, 0.15) is 284 Å². The van der Waals surface area contributed by atoms with Gasteiger partial charge in [-0.1, -0.05) is 268 Å². The maximum absolute atomic E-state index is 12.7. The van der Waals surface area contributed by atoms with Crippen LogP contribution in [-0.4, -0.2) is 70.0 Å². The number of likely N-dealkylation sites (N-methyl/N-ethyl adjacent to an activating group) is 1. The van der Waals surface area contributed by atoms with E-state index in [-0.39, 0.29) is 32.0 Å². The molecule has 10 heteroatoms. The number of rotatable bonds is 56. The summed E-state index contributed by atoms with van der Waals surface area (Å²) < 4.78 is 34.0. The van der Waals surface area contributed by atoms with Crippen LogP contribution in [0.4, 0.5) is 0 Å². The molecule has 0 saturated carbocycles. The van der Waals surface area contributed by atoms with Gasteiger partial charge in [0.25, 0.3) is 7.82 Å². The Labute approximate surface area is 445 Å². The fraction of sp³-hybridized carbons (Fsp3) is 0.839. The lowest BCUT2D eigenvalue weighted by molar-refractivity contribution is -0.870. The van der Waals surface area contributed by atoms with E-state index in [1.165, 1.54) is 193 Å². The van der Waals surface area contributed by atoms with Crippen molar-refractivity contribution >= 4 is 19.8 Å². The van der Waals surface area contributed by atoms with E-state index in [1.54, 1.807) is 0 Å². The summed E-state index contributed by atoms with van der Waals surface area (Å²) in [6.45, 7) is 4.13. The molecule has 0 fully saturated rings. The number of nitrogens with zero attached hydrogens (tertiary/aromatic N) is 1. The van der Waals surface area contributed by atoms with Crippen LogP contribution in [0.5, 0.6) is 0 Å². The summed E-state index contributed by atoms with van der Waals surface area (Å²) in [6.07, 6.45) is 67.8. The topological polar surface area (TPSA) is 111 Å². The normalized spacial score (nSPS) is 13.6. The molecule has 0 heterocycles. The summed E-state index contributed by atoms with van der Waals surface area (Å²) in [5.41, 5.74) is 0. The van der Waals surface area contributed by atoms with Gasteiger partial charge < -0.3 is 27.9 Å². The average molecular weight is 1030 g/mol. The van der Waals surface area contributed by atoms with Gasteiger partial charge in [0.15, 0.2) is 6.10 Å². The lowest BCUT2D eigenvalue weighted by atomic mass is 10.0. The van der Waals surface area contributed by atoms with E-state index in [4.69, 9.17) is 18.5 Å². The van der Waals surface area contributed by atoms with Crippen LogP contribution in [0.3, 0.4) is 0 Å². The average Bonchev–Trinajstić information content (AvgIpc) is 3.34. The number of carbonyl (C=O) groups is 2. The molecule has 0 aromatic rings. The summed E-state index contributed by atoms with van der Waals surface area (Å²) in [7, 11) is 1.18. The van der Waals surface area contributed by atoms with Crippen LogP contribution in [-0.2, 0) is 32.7 Å². The number of ether oxygens (including phenoxy) is 2. The molecule has 422 valence electrons. The summed E-state index contributed by atoms with van der Waals surface area (Å²) in [5, 5.41) is 0. The van der Waals surface area contributed by atoms with Gasteiger partial charge in [-0.25, -0.2) is 0 Å². The van der Waals surface area contributed by atoms with Gasteiger partial charge in [0.1, 0.15) is 19.8 Å². The van der Waals surface area contributed by atoms with Crippen LogP contribution in [0.25, 0.3) is 0 Å². The second kappa shape index (κ2) is 53.8. The van der Waals surface area contributed by atoms with Gasteiger partial charge in [-0.2, -0.15) is 0 Å². The van der Waals surface area contributed by atoms with Crippen molar-refractivity contribution in [2.45, 2.75) is 290 Å². The van der Waals surface area contributed by atoms with Crippen molar-refractivity contribution in [3.63, 3.8) is 0 Å². The molecule has 72 heavy (non-hydrogen) atoms. The van der Waals surface area contributed by atoms with Gasteiger partial charge >= 0.3 is 11.9 Å². The Morgan fingerprint density at radius 2 is 0.792 bits per heavy atom. The zero-order chi connectivity index (χ0) is 52.7. The van der Waals surface area contributed by atoms with Crippen molar-refractivity contribution in [2.75, 3.05) is 47.5 Å². The van der Waals surface area contributed by atoms with Crippen LogP contribution >= 0.6 is 7.82 Å². The molecular weight excluding hydrogens is 918 g/mol. The lowest BCUT2D eigenvalue weighted by Gasteiger charge is -2.28. The second-order valence-electron chi connectivity index (χ2n) is 21.7. The minimum absolute atomic E-state index is 0.0279. The molecule has 0 N–H and O–H groups in total. The maximum atomic E-state index is 12.7. The maximum Gasteiger partial charge on any atom is 0.306 e. The Balaban J connectivity index is 3.81. The minimum Gasteiger partial charge on any atom is -0.756 e. The molecule has 0 aliphatic carbocycles. The van der Waals surface area contributed by atoms with Gasteiger partial charge in [-0.15, -0.1) is 0 Å². The number of esters is 2. The SMILES string of the molecule is CC/C=C\C/C=C\C/C=C\C/C=C\CCCCCCCCCCCCCCCCCCCCCCCCCCCCC(=O)OC(COC(=O)CCCCCCCCCCC)COP(=O)([O-])OCC[N+](C)(C)C. The van der Waals surface area contributed by atoms with E-state index in [0.717, 1.165) is 57.8 Å². The van der Waals surface area contributed by atoms with Gasteiger partial charge in [-0.3, -0.25) is 14.2 Å². The summed E-state index contributed by atoms with van der Waals surface area (Å²) in [6, 6.07) is 0. The number of quaternary nitrogens is 1. The predicted molar refractivity (Wildman–Crippen MR) is 305 cm³/mol. The van der Waals surface area contributed by atoms with Gasteiger partial charge in [0.05, 0.1) is 27.7 Å². The monoisotopic (exact) mass is 1030 g/mol. The third-order valence-electron chi connectivity index (χ3n) is 13.4. The Bertz CT molecular complexity index is 1360. The van der Waals surface area contributed by atoms with Crippen LogP contribution in [0, 0.1) is 0 Å². The number of phosphoric acid groups is 1. The zero-order valence-corrected chi connectivity index (χ0v) is 48.8. The molecule has 0 bridgehead atoms. The molecule has 0 aromatic heterocycles. The van der Waals surface area contributed by atoms with Gasteiger partial charge in [-0.05, 0) is 51.4 Å². The molecule has 0 saturated heterocycles. The fourth-order valence-electron chi connectivity index (χ4n) is 8.71. The van der Waals surface area contributed by atoms with Crippen molar-refractivity contribution in [3.8, 4) is 0 Å². The smallest absolute Gasteiger partial charge is 0.306 e. The molecular formula is C62H116NO8P. The highest BCUT2D eigenvalue weighted by atomic mass is 31.2. The third-order valence-corrected chi connectivity index (χ3v) is 14.3. The molecule has 2 atom stereocenters. The first-order valence-electron chi connectivity index (χ1n) is 30.3. The Hall–Kier alpha value is -2.03. The van der Waals surface area contributed by atoms with Crippen LogP contribution < -0.4 is 4.89 Å². The number of allylic oxidation sites excluding steroid dienone is 8. The fourth-order valence-corrected chi connectivity index (χ4v) is 9.44. The Morgan fingerprint density at radius 3 is 1.18 bits per heavy atom. The van der Waals surface area contributed by atoms with Gasteiger partial charge in [0, 0.05) is 12.8 Å². The number of unbranched alkanes of at least 4 members (excludes halogenated alkanes) is 34. The summed E-state index contributed by atoms with van der Waals surface area (Å²) >= 11 is 0. The largest absolute Gasteiger partial charge is 0.756 e. The van der Waals surface area contributed by atoms with Crippen molar-refractivity contribution in [1.29, 1.82) is 0 Å². The second-order valence-corrected chi connectivity index (χ2v) is 23.1. The first-order valence-corrected chi connectivity index (χ1v) is 31.8. The first-order chi connectivity index (χ1) is 35.0. The highest BCUT2D eigenvalue weighted by molar-refractivity contribution is 7.45.